The molecule has 24 heavy (non-hydrogen) atoms. The van der Waals surface area contributed by atoms with E-state index in [1.165, 1.54) is 0 Å². The lowest BCUT2D eigenvalue weighted by molar-refractivity contribution is 0.0928. The normalized spacial score (nSPS) is 17.0. The molecule has 1 unspecified atom stereocenters. The van der Waals surface area contributed by atoms with Gasteiger partial charge in [0.2, 0.25) is 0 Å². The van der Waals surface area contributed by atoms with Gasteiger partial charge < -0.3 is 14.4 Å². The summed E-state index contributed by atoms with van der Waals surface area (Å²) < 4.78 is 7.26. The van der Waals surface area contributed by atoms with E-state index in [0.717, 1.165) is 30.2 Å². The second-order valence-corrected chi connectivity index (χ2v) is 6.24. The van der Waals surface area contributed by atoms with Gasteiger partial charge in [-0.2, -0.15) is 0 Å². The van der Waals surface area contributed by atoms with E-state index in [-0.39, 0.29) is 11.9 Å². The Bertz CT molecular complexity index is 942. The van der Waals surface area contributed by atoms with Gasteiger partial charge in [0.25, 0.3) is 11.6 Å². The minimum atomic E-state index is -0.129. The van der Waals surface area contributed by atoms with Gasteiger partial charge in [0.1, 0.15) is 11.6 Å². The first kappa shape index (κ1) is 14.8. The number of hydrogen-bond acceptors (Lipinski definition) is 6. The van der Waals surface area contributed by atoms with Crippen molar-refractivity contribution in [3.63, 3.8) is 0 Å². The van der Waals surface area contributed by atoms with Crippen LogP contribution in [0.1, 0.15) is 39.8 Å². The zero-order valence-electron chi connectivity index (χ0n) is 13.8. The van der Waals surface area contributed by atoms with Gasteiger partial charge in [-0.15, -0.1) is 10.2 Å². The monoisotopic (exact) mass is 326 g/mol. The summed E-state index contributed by atoms with van der Waals surface area (Å²) in [7, 11) is 0. The van der Waals surface area contributed by atoms with Gasteiger partial charge in [0.15, 0.2) is 0 Å². The maximum Gasteiger partial charge on any atom is 0.258 e. The summed E-state index contributed by atoms with van der Waals surface area (Å²) in [4.78, 5) is 17.1. The number of rotatable bonds is 2. The van der Waals surface area contributed by atoms with Crippen LogP contribution in [0, 0.1) is 20.8 Å². The third kappa shape index (κ3) is 2.34. The fourth-order valence-corrected chi connectivity index (χ4v) is 3.24. The molecule has 8 heteroatoms. The second kappa shape index (κ2) is 5.40. The van der Waals surface area contributed by atoms with Crippen molar-refractivity contribution in [1.82, 2.24) is 30.2 Å². The lowest BCUT2D eigenvalue weighted by Gasteiger charge is -2.25. The molecule has 1 aliphatic rings. The fraction of sp³-hybridized carbons (Fsp3) is 0.438. The van der Waals surface area contributed by atoms with Crippen LogP contribution in [0.3, 0.4) is 0 Å². The number of aryl methyl sites for hydroxylation is 4. The van der Waals surface area contributed by atoms with Crippen LogP contribution in [-0.2, 0) is 13.0 Å². The highest BCUT2D eigenvalue weighted by atomic mass is 16.5. The molecule has 1 aliphatic heterocycles. The van der Waals surface area contributed by atoms with E-state index < -0.39 is 0 Å². The van der Waals surface area contributed by atoms with E-state index in [2.05, 4.69) is 30.2 Å². The van der Waals surface area contributed by atoms with Gasteiger partial charge in [0, 0.05) is 24.7 Å². The Labute approximate surface area is 138 Å². The first-order chi connectivity index (χ1) is 11.5. The standard InChI is InChI=1S/C16H18N6O2/c1-8-6-12(14-9(2)21-24-16(14)17-8)15(23)18-11-4-5-13-20-19-10(3)22(13)7-11/h6,11H,4-5,7H2,1-3H3,(H,18,23). The molecule has 0 saturated heterocycles. The summed E-state index contributed by atoms with van der Waals surface area (Å²) in [5.74, 6) is 1.73. The van der Waals surface area contributed by atoms with Gasteiger partial charge in [-0.1, -0.05) is 5.16 Å². The molecule has 1 N–H and O–H groups in total. The van der Waals surface area contributed by atoms with Crippen LogP contribution in [0.25, 0.3) is 11.1 Å². The summed E-state index contributed by atoms with van der Waals surface area (Å²) in [6.07, 6.45) is 1.66. The molecule has 4 heterocycles. The van der Waals surface area contributed by atoms with E-state index in [9.17, 15) is 4.79 Å². The van der Waals surface area contributed by atoms with Gasteiger partial charge in [0.05, 0.1) is 16.6 Å². The number of nitrogens with one attached hydrogen (secondary N) is 1. The number of pyridine rings is 1. The molecule has 1 atom stereocenters. The first-order valence-electron chi connectivity index (χ1n) is 7.96. The Morgan fingerprint density at radius 1 is 1.33 bits per heavy atom. The molecular weight excluding hydrogens is 308 g/mol. The number of fused-ring (bicyclic) bond motifs is 2. The van der Waals surface area contributed by atoms with Crippen molar-refractivity contribution in [2.75, 3.05) is 0 Å². The van der Waals surface area contributed by atoms with Crippen molar-refractivity contribution in [2.45, 2.75) is 46.2 Å². The summed E-state index contributed by atoms with van der Waals surface area (Å²) >= 11 is 0. The largest absolute Gasteiger partial charge is 0.347 e. The van der Waals surface area contributed by atoms with E-state index in [0.29, 0.717) is 28.9 Å². The van der Waals surface area contributed by atoms with Crippen LogP contribution in [-0.4, -0.2) is 36.9 Å². The Morgan fingerprint density at radius 2 is 2.17 bits per heavy atom. The number of carbonyl (C=O) groups excluding carboxylic acids is 1. The lowest BCUT2D eigenvalue weighted by atomic mass is 10.0. The number of hydrogen-bond donors (Lipinski definition) is 1. The predicted molar refractivity (Wildman–Crippen MR) is 85.6 cm³/mol. The van der Waals surface area contributed by atoms with Crippen LogP contribution in [0.15, 0.2) is 10.6 Å². The van der Waals surface area contributed by atoms with Crippen LogP contribution in [0.5, 0.6) is 0 Å². The Kier molecular flexibility index (Phi) is 3.33. The number of amides is 1. The molecule has 0 radical (unpaired) electrons. The number of aromatic nitrogens is 5. The Morgan fingerprint density at radius 3 is 3.00 bits per heavy atom. The molecule has 0 fully saturated rings. The van der Waals surface area contributed by atoms with E-state index in [1.807, 2.05) is 20.8 Å². The highest BCUT2D eigenvalue weighted by molar-refractivity contribution is 6.06. The van der Waals surface area contributed by atoms with Crippen LogP contribution >= 0.6 is 0 Å². The van der Waals surface area contributed by atoms with Gasteiger partial charge in [-0.05, 0) is 33.3 Å². The zero-order valence-corrected chi connectivity index (χ0v) is 13.8. The molecule has 0 spiro atoms. The maximum absolute atomic E-state index is 12.8. The summed E-state index contributed by atoms with van der Waals surface area (Å²) in [5, 5.41) is 16.0. The molecule has 8 nitrogen and oxygen atoms in total. The van der Waals surface area contributed by atoms with E-state index in [1.54, 1.807) is 6.07 Å². The first-order valence-corrected chi connectivity index (χ1v) is 7.96. The van der Waals surface area contributed by atoms with Gasteiger partial charge in [-0.25, -0.2) is 4.98 Å². The third-order valence-electron chi connectivity index (χ3n) is 4.46. The molecule has 0 bridgehead atoms. The maximum atomic E-state index is 12.8. The molecule has 4 rings (SSSR count). The minimum absolute atomic E-state index is 0.0448. The minimum Gasteiger partial charge on any atom is -0.347 e. The molecule has 0 aliphatic carbocycles. The second-order valence-electron chi connectivity index (χ2n) is 6.24. The third-order valence-corrected chi connectivity index (χ3v) is 4.46. The van der Waals surface area contributed by atoms with E-state index in [4.69, 9.17) is 4.52 Å². The summed E-state index contributed by atoms with van der Waals surface area (Å²) in [5.41, 5.74) is 2.35. The molecule has 3 aromatic rings. The van der Waals surface area contributed by atoms with Gasteiger partial charge in [-0.3, -0.25) is 4.79 Å². The van der Waals surface area contributed by atoms with Crippen molar-refractivity contribution in [3.8, 4) is 0 Å². The van der Waals surface area contributed by atoms with E-state index >= 15 is 0 Å². The predicted octanol–water partition coefficient (Wildman–Crippen LogP) is 1.48. The topological polar surface area (TPSA) is 98.7 Å². The average molecular weight is 326 g/mol. The zero-order chi connectivity index (χ0) is 16.8. The summed E-state index contributed by atoms with van der Waals surface area (Å²) in [6, 6.07) is 1.82. The Hall–Kier alpha value is -2.77. The van der Waals surface area contributed by atoms with Crippen LogP contribution in [0.4, 0.5) is 0 Å². The molecule has 124 valence electrons. The smallest absolute Gasteiger partial charge is 0.258 e. The number of nitrogens with zero attached hydrogens (tertiary/aromatic N) is 5. The van der Waals surface area contributed by atoms with Crippen molar-refractivity contribution in [1.29, 1.82) is 0 Å². The molecular formula is C16H18N6O2. The molecule has 3 aromatic heterocycles. The van der Waals surface area contributed by atoms with Crippen molar-refractivity contribution >= 4 is 17.0 Å². The SMILES string of the molecule is Cc1cc(C(=O)NC2CCc3nnc(C)n3C2)c2c(C)noc2n1. The number of carbonyl (C=O) groups is 1. The highest BCUT2D eigenvalue weighted by Gasteiger charge is 2.25. The fourth-order valence-electron chi connectivity index (χ4n) is 3.24. The van der Waals surface area contributed by atoms with Crippen molar-refractivity contribution in [3.05, 3.63) is 34.7 Å². The van der Waals surface area contributed by atoms with Crippen molar-refractivity contribution in [2.24, 2.45) is 0 Å². The highest BCUT2D eigenvalue weighted by Crippen LogP contribution is 2.22. The van der Waals surface area contributed by atoms with Gasteiger partial charge >= 0.3 is 0 Å². The van der Waals surface area contributed by atoms with Crippen LogP contribution in [0.2, 0.25) is 0 Å². The molecule has 0 aromatic carbocycles. The van der Waals surface area contributed by atoms with Crippen LogP contribution < -0.4 is 5.32 Å². The molecule has 0 saturated carbocycles. The Balaban J connectivity index is 1.62. The molecule has 1 amide bonds. The summed E-state index contributed by atoms with van der Waals surface area (Å²) in [6.45, 7) is 6.27. The average Bonchev–Trinajstić information content (AvgIpc) is 3.10. The lowest BCUT2D eigenvalue weighted by Crippen LogP contribution is -2.41. The van der Waals surface area contributed by atoms with Crippen molar-refractivity contribution < 1.29 is 9.32 Å². The quantitative estimate of drug-likeness (QED) is 0.766.